The number of aryl methyl sites for hydroxylation is 1. The molecular weight excluding hydrogens is 278 g/mol. The lowest BCUT2D eigenvalue weighted by Gasteiger charge is -2.16. The smallest absolute Gasteiger partial charge is 0.287 e. The van der Waals surface area contributed by atoms with Crippen LogP contribution in [0.4, 0.5) is 0 Å². The third-order valence-electron chi connectivity index (χ3n) is 3.74. The average Bonchev–Trinajstić information content (AvgIpc) is 2.91. The minimum Gasteiger partial charge on any atom is -0.451 e. The Hall–Kier alpha value is -2.59. The number of carbonyl (C=O) groups is 1. The van der Waals surface area contributed by atoms with Gasteiger partial charge in [-0.1, -0.05) is 48.5 Å². The number of para-hydroxylation sites is 1. The molecule has 0 aliphatic heterocycles. The second-order valence-corrected chi connectivity index (χ2v) is 5.17. The molecule has 0 aliphatic carbocycles. The van der Waals surface area contributed by atoms with E-state index in [2.05, 4.69) is 5.32 Å². The van der Waals surface area contributed by atoms with E-state index in [1.165, 1.54) is 0 Å². The summed E-state index contributed by atoms with van der Waals surface area (Å²) >= 11 is 0. The van der Waals surface area contributed by atoms with Gasteiger partial charge in [0.15, 0.2) is 5.76 Å². The van der Waals surface area contributed by atoms with Gasteiger partial charge in [0.25, 0.3) is 5.91 Å². The van der Waals surface area contributed by atoms with E-state index in [4.69, 9.17) is 4.42 Å². The van der Waals surface area contributed by atoms with Crippen LogP contribution >= 0.6 is 0 Å². The predicted octanol–water partition coefficient (Wildman–Crippen LogP) is 3.20. The fraction of sp³-hybridized carbons (Fsp3) is 0.167. The third-order valence-corrected chi connectivity index (χ3v) is 3.74. The van der Waals surface area contributed by atoms with Gasteiger partial charge < -0.3 is 14.8 Å². The summed E-state index contributed by atoms with van der Waals surface area (Å²) in [5.41, 5.74) is 2.34. The van der Waals surface area contributed by atoms with Crippen LogP contribution in [0.5, 0.6) is 0 Å². The Morgan fingerprint density at radius 3 is 2.50 bits per heavy atom. The van der Waals surface area contributed by atoms with Crippen LogP contribution in [-0.4, -0.2) is 17.6 Å². The Morgan fingerprint density at radius 1 is 1.14 bits per heavy atom. The molecule has 1 unspecified atom stereocenters. The molecule has 0 bridgehead atoms. The first kappa shape index (κ1) is 14.4. The van der Waals surface area contributed by atoms with Crippen LogP contribution in [0, 0.1) is 6.92 Å². The summed E-state index contributed by atoms with van der Waals surface area (Å²) in [6.45, 7) is 1.69. The van der Waals surface area contributed by atoms with E-state index in [-0.39, 0.29) is 18.3 Å². The summed E-state index contributed by atoms with van der Waals surface area (Å²) in [5.74, 6) is -0.0350. The van der Waals surface area contributed by atoms with Crippen LogP contribution in [-0.2, 0) is 0 Å². The molecule has 1 aromatic heterocycles. The second-order valence-electron chi connectivity index (χ2n) is 5.17. The van der Waals surface area contributed by atoms with Crippen molar-refractivity contribution in [1.82, 2.24) is 5.32 Å². The number of benzene rings is 2. The Bertz CT molecular complexity index is 792. The van der Waals surface area contributed by atoms with Gasteiger partial charge in [-0.3, -0.25) is 4.79 Å². The van der Waals surface area contributed by atoms with Crippen LogP contribution in [0.2, 0.25) is 0 Å². The molecule has 112 valence electrons. The summed E-state index contributed by atoms with van der Waals surface area (Å²) in [4.78, 5) is 12.5. The molecule has 4 heteroatoms. The minimum atomic E-state index is -0.457. The molecule has 2 N–H and O–H groups in total. The topological polar surface area (TPSA) is 62.5 Å². The SMILES string of the molecule is Cc1c(C(=O)NC(CO)c2ccccc2)oc2ccccc12. The highest BCUT2D eigenvalue weighted by Crippen LogP contribution is 2.25. The number of amides is 1. The highest BCUT2D eigenvalue weighted by Gasteiger charge is 2.20. The zero-order chi connectivity index (χ0) is 15.5. The number of furan rings is 1. The van der Waals surface area contributed by atoms with Crippen molar-refractivity contribution in [2.75, 3.05) is 6.61 Å². The van der Waals surface area contributed by atoms with E-state index in [1.54, 1.807) is 0 Å². The number of carbonyl (C=O) groups excluding carboxylic acids is 1. The Morgan fingerprint density at radius 2 is 1.82 bits per heavy atom. The predicted molar refractivity (Wildman–Crippen MR) is 84.7 cm³/mol. The van der Waals surface area contributed by atoms with Gasteiger partial charge in [-0.15, -0.1) is 0 Å². The Balaban J connectivity index is 1.88. The van der Waals surface area contributed by atoms with Crippen LogP contribution in [0.1, 0.15) is 27.7 Å². The molecule has 0 aliphatic rings. The molecule has 1 heterocycles. The van der Waals surface area contributed by atoms with Gasteiger partial charge in [0.1, 0.15) is 5.58 Å². The molecule has 0 saturated heterocycles. The molecule has 0 radical (unpaired) electrons. The highest BCUT2D eigenvalue weighted by atomic mass is 16.3. The first-order chi connectivity index (χ1) is 10.7. The summed E-state index contributed by atoms with van der Waals surface area (Å²) in [6.07, 6.45) is 0. The quantitative estimate of drug-likeness (QED) is 0.777. The van der Waals surface area contributed by atoms with Crippen molar-refractivity contribution in [3.63, 3.8) is 0 Å². The third kappa shape index (κ3) is 2.61. The first-order valence-electron chi connectivity index (χ1n) is 7.15. The van der Waals surface area contributed by atoms with Crippen LogP contribution < -0.4 is 5.32 Å². The maximum atomic E-state index is 12.5. The van der Waals surface area contributed by atoms with Crippen molar-refractivity contribution in [2.45, 2.75) is 13.0 Å². The summed E-state index contributed by atoms with van der Waals surface area (Å²) in [6, 6.07) is 16.4. The number of hydrogen-bond donors (Lipinski definition) is 2. The molecular formula is C18H17NO3. The Labute approximate surface area is 128 Å². The van der Waals surface area contributed by atoms with Crippen LogP contribution in [0.25, 0.3) is 11.0 Å². The molecule has 0 spiro atoms. The second kappa shape index (κ2) is 6.03. The van der Waals surface area contributed by atoms with Gasteiger partial charge in [-0.25, -0.2) is 0 Å². The van der Waals surface area contributed by atoms with Gasteiger partial charge in [-0.2, -0.15) is 0 Å². The van der Waals surface area contributed by atoms with Crippen molar-refractivity contribution < 1.29 is 14.3 Å². The number of nitrogens with one attached hydrogen (secondary N) is 1. The number of hydrogen-bond acceptors (Lipinski definition) is 3. The van der Waals surface area contributed by atoms with Crippen molar-refractivity contribution in [1.29, 1.82) is 0 Å². The van der Waals surface area contributed by atoms with Crippen LogP contribution in [0.15, 0.2) is 59.0 Å². The number of aliphatic hydroxyl groups is 1. The van der Waals surface area contributed by atoms with E-state index < -0.39 is 6.04 Å². The van der Waals surface area contributed by atoms with E-state index in [0.29, 0.717) is 5.58 Å². The number of fused-ring (bicyclic) bond motifs is 1. The minimum absolute atomic E-state index is 0.172. The van der Waals surface area contributed by atoms with Crippen molar-refractivity contribution in [3.05, 3.63) is 71.5 Å². The molecule has 0 saturated carbocycles. The molecule has 1 atom stereocenters. The molecule has 1 amide bonds. The van der Waals surface area contributed by atoms with E-state index >= 15 is 0 Å². The van der Waals surface area contributed by atoms with Gasteiger partial charge in [-0.05, 0) is 18.6 Å². The summed E-state index contributed by atoms with van der Waals surface area (Å²) in [5, 5.41) is 13.3. The van der Waals surface area contributed by atoms with Crippen LogP contribution in [0.3, 0.4) is 0 Å². The average molecular weight is 295 g/mol. The van der Waals surface area contributed by atoms with Gasteiger partial charge >= 0.3 is 0 Å². The summed E-state index contributed by atoms with van der Waals surface area (Å²) in [7, 11) is 0. The van der Waals surface area contributed by atoms with Gasteiger partial charge in [0.2, 0.25) is 0 Å². The fourth-order valence-corrected chi connectivity index (χ4v) is 2.53. The molecule has 3 rings (SSSR count). The highest BCUT2D eigenvalue weighted by molar-refractivity contribution is 5.99. The molecule has 4 nitrogen and oxygen atoms in total. The first-order valence-corrected chi connectivity index (χ1v) is 7.15. The molecule has 22 heavy (non-hydrogen) atoms. The number of rotatable bonds is 4. The normalized spacial score (nSPS) is 12.3. The Kier molecular flexibility index (Phi) is 3.94. The fourth-order valence-electron chi connectivity index (χ4n) is 2.53. The standard InChI is InChI=1S/C18H17NO3/c1-12-14-9-5-6-10-16(14)22-17(12)18(21)19-15(11-20)13-7-3-2-4-8-13/h2-10,15,20H,11H2,1H3,(H,19,21). The van der Waals surface area contributed by atoms with Gasteiger partial charge in [0, 0.05) is 10.9 Å². The molecule has 3 aromatic rings. The monoisotopic (exact) mass is 295 g/mol. The molecule has 2 aromatic carbocycles. The largest absolute Gasteiger partial charge is 0.451 e. The maximum Gasteiger partial charge on any atom is 0.287 e. The summed E-state index contributed by atoms with van der Waals surface area (Å²) < 4.78 is 5.65. The van der Waals surface area contributed by atoms with E-state index in [9.17, 15) is 9.90 Å². The maximum absolute atomic E-state index is 12.5. The lowest BCUT2D eigenvalue weighted by Crippen LogP contribution is -2.30. The lowest BCUT2D eigenvalue weighted by molar-refractivity contribution is 0.0889. The van der Waals surface area contributed by atoms with Crippen molar-refractivity contribution >= 4 is 16.9 Å². The number of aliphatic hydroxyl groups excluding tert-OH is 1. The van der Waals surface area contributed by atoms with Gasteiger partial charge in [0.05, 0.1) is 12.6 Å². The molecule has 0 fully saturated rings. The van der Waals surface area contributed by atoms with E-state index in [1.807, 2.05) is 61.5 Å². The zero-order valence-corrected chi connectivity index (χ0v) is 12.2. The van der Waals surface area contributed by atoms with E-state index in [0.717, 1.165) is 16.5 Å². The van der Waals surface area contributed by atoms with Crippen molar-refractivity contribution in [2.24, 2.45) is 0 Å². The lowest BCUT2D eigenvalue weighted by atomic mass is 10.1. The zero-order valence-electron chi connectivity index (χ0n) is 12.2. The van der Waals surface area contributed by atoms with Crippen molar-refractivity contribution in [3.8, 4) is 0 Å².